The molecule has 0 spiro atoms. The van der Waals surface area contributed by atoms with Gasteiger partial charge in [0, 0.05) is 23.2 Å². The van der Waals surface area contributed by atoms with Crippen LogP contribution in [-0.4, -0.2) is 53.7 Å². The van der Waals surface area contributed by atoms with Crippen LogP contribution in [0.5, 0.6) is 0 Å². The Balaban J connectivity index is 1.31. The van der Waals surface area contributed by atoms with Crippen LogP contribution in [0.1, 0.15) is 51.4 Å². The van der Waals surface area contributed by atoms with Crippen molar-refractivity contribution in [3.8, 4) is 0 Å². The zero-order valence-electron chi connectivity index (χ0n) is 18.1. The summed E-state index contributed by atoms with van der Waals surface area (Å²) in [7, 11) is 0. The molecule has 1 aliphatic carbocycles. The first kappa shape index (κ1) is 22.0. The number of hydrogen-bond acceptors (Lipinski definition) is 4. The fraction of sp³-hybridized carbons (Fsp3) is 0.609. The van der Waals surface area contributed by atoms with Crippen molar-refractivity contribution in [2.24, 2.45) is 5.92 Å². The molecule has 0 unspecified atom stereocenters. The second kappa shape index (κ2) is 9.94. The maximum absolute atomic E-state index is 13.0. The second-order valence-electron chi connectivity index (χ2n) is 8.90. The highest BCUT2D eigenvalue weighted by Crippen LogP contribution is 2.30. The molecule has 2 saturated heterocycles. The Hall–Kier alpha value is -2.22. The van der Waals surface area contributed by atoms with E-state index < -0.39 is 6.04 Å². The summed E-state index contributed by atoms with van der Waals surface area (Å²) in [5.74, 6) is 0.499. The number of amides is 4. The SMILES string of the molecule is CSc1cccc(NC(=O)N[C@@H]2CCN3C(=O)[C@H](CC4CCCCC4)NC(=O)[C@@H]3C2)c1. The van der Waals surface area contributed by atoms with Gasteiger partial charge < -0.3 is 20.9 Å². The Morgan fingerprint density at radius 3 is 2.77 bits per heavy atom. The van der Waals surface area contributed by atoms with Gasteiger partial charge in [-0.15, -0.1) is 11.8 Å². The van der Waals surface area contributed by atoms with Gasteiger partial charge in [0.15, 0.2) is 0 Å². The van der Waals surface area contributed by atoms with Gasteiger partial charge in [-0.25, -0.2) is 4.79 Å². The number of fused-ring (bicyclic) bond motifs is 1. The van der Waals surface area contributed by atoms with Crippen LogP contribution >= 0.6 is 11.8 Å². The van der Waals surface area contributed by atoms with Gasteiger partial charge >= 0.3 is 6.03 Å². The Kier molecular flexibility index (Phi) is 7.05. The first-order chi connectivity index (χ1) is 15.0. The summed E-state index contributed by atoms with van der Waals surface area (Å²) in [6, 6.07) is 6.37. The average Bonchev–Trinajstić information content (AvgIpc) is 2.78. The number of carbonyl (C=O) groups excluding carboxylic acids is 3. The van der Waals surface area contributed by atoms with Crippen LogP contribution in [0.3, 0.4) is 0 Å². The molecule has 2 heterocycles. The first-order valence-corrected chi connectivity index (χ1v) is 12.6. The van der Waals surface area contributed by atoms with Crippen LogP contribution < -0.4 is 16.0 Å². The topological polar surface area (TPSA) is 90.5 Å². The van der Waals surface area contributed by atoms with Crippen molar-refractivity contribution in [3.05, 3.63) is 24.3 Å². The number of carbonyl (C=O) groups is 3. The summed E-state index contributed by atoms with van der Waals surface area (Å²) in [6.07, 6.45) is 9.90. The molecular formula is C23H32N4O3S. The Morgan fingerprint density at radius 1 is 1.19 bits per heavy atom. The minimum absolute atomic E-state index is 0.0481. The second-order valence-corrected chi connectivity index (χ2v) is 9.78. The van der Waals surface area contributed by atoms with Gasteiger partial charge in [-0.3, -0.25) is 9.59 Å². The van der Waals surface area contributed by atoms with E-state index in [0.29, 0.717) is 25.3 Å². The molecule has 31 heavy (non-hydrogen) atoms. The summed E-state index contributed by atoms with van der Waals surface area (Å²) in [4.78, 5) is 41.1. The Morgan fingerprint density at radius 2 is 2.00 bits per heavy atom. The van der Waals surface area contributed by atoms with E-state index in [1.54, 1.807) is 16.7 Å². The van der Waals surface area contributed by atoms with Crippen LogP contribution in [0.15, 0.2) is 29.2 Å². The molecule has 8 heteroatoms. The standard InChI is InChI=1S/C23H32N4O3S/c1-31-18-9-5-8-16(13-18)24-23(30)25-17-10-11-27-20(14-17)21(28)26-19(22(27)29)12-15-6-3-2-4-7-15/h5,8-9,13,15,17,19-20H,2-4,6-7,10-12,14H2,1H3,(H,26,28)(H2,24,25,30)/t17-,19+,20+/m1/s1. The van der Waals surface area contributed by atoms with E-state index in [-0.39, 0.29) is 29.9 Å². The lowest BCUT2D eigenvalue weighted by molar-refractivity contribution is -0.152. The zero-order valence-corrected chi connectivity index (χ0v) is 18.9. The predicted molar refractivity (Wildman–Crippen MR) is 122 cm³/mol. The third-order valence-corrected chi connectivity index (χ3v) is 7.48. The van der Waals surface area contributed by atoms with Crippen molar-refractivity contribution in [1.82, 2.24) is 15.5 Å². The molecule has 3 aliphatic rings. The lowest BCUT2D eigenvalue weighted by Crippen LogP contribution is -2.67. The smallest absolute Gasteiger partial charge is 0.319 e. The Bertz CT molecular complexity index is 827. The first-order valence-electron chi connectivity index (χ1n) is 11.4. The molecular weight excluding hydrogens is 412 g/mol. The highest BCUT2D eigenvalue weighted by atomic mass is 32.2. The van der Waals surface area contributed by atoms with Crippen LogP contribution in [0.25, 0.3) is 0 Å². The number of nitrogens with one attached hydrogen (secondary N) is 3. The fourth-order valence-corrected chi connectivity index (χ4v) is 5.57. The normalized spacial score (nSPS) is 26.7. The summed E-state index contributed by atoms with van der Waals surface area (Å²) < 4.78 is 0. The fourth-order valence-electron chi connectivity index (χ4n) is 5.11. The lowest BCUT2D eigenvalue weighted by Gasteiger charge is -2.44. The number of piperidine rings is 1. The molecule has 0 aromatic heterocycles. The van der Waals surface area contributed by atoms with Gasteiger partial charge in [0.05, 0.1) is 0 Å². The third kappa shape index (κ3) is 5.34. The van der Waals surface area contributed by atoms with Crippen molar-refractivity contribution in [2.75, 3.05) is 18.1 Å². The minimum Gasteiger partial charge on any atom is -0.342 e. The molecule has 4 rings (SSSR count). The minimum atomic E-state index is -0.492. The van der Waals surface area contributed by atoms with Crippen LogP contribution in [0, 0.1) is 5.92 Å². The summed E-state index contributed by atoms with van der Waals surface area (Å²) in [5.41, 5.74) is 0.734. The van der Waals surface area contributed by atoms with Crippen LogP contribution in [0.2, 0.25) is 0 Å². The van der Waals surface area contributed by atoms with E-state index in [1.165, 1.54) is 19.3 Å². The molecule has 4 amide bonds. The largest absolute Gasteiger partial charge is 0.342 e. The highest BCUT2D eigenvalue weighted by molar-refractivity contribution is 7.98. The van der Waals surface area contributed by atoms with E-state index >= 15 is 0 Å². The average molecular weight is 445 g/mol. The van der Waals surface area contributed by atoms with Gasteiger partial charge in [-0.1, -0.05) is 38.2 Å². The van der Waals surface area contributed by atoms with E-state index in [4.69, 9.17) is 0 Å². The molecule has 3 fully saturated rings. The molecule has 0 bridgehead atoms. The van der Waals surface area contributed by atoms with E-state index in [2.05, 4.69) is 16.0 Å². The molecule has 0 radical (unpaired) electrons. The van der Waals surface area contributed by atoms with E-state index in [0.717, 1.165) is 29.8 Å². The molecule has 2 aliphatic heterocycles. The predicted octanol–water partition coefficient (Wildman–Crippen LogP) is 3.36. The molecule has 1 saturated carbocycles. The highest BCUT2D eigenvalue weighted by Gasteiger charge is 2.44. The van der Waals surface area contributed by atoms with Crippen molar-refractivity contribution in [2.45, 2.75) is 74.4 Å². The van der Waals surface area contributed by atoms with Gasteiger partial charge in [-0.05, 0) is 49.6 Å². The number of nitrogens with zero attached hydrogens (tertiary/aromatic N) is 1. The summed E-state index contributed by atoms with van der Waals surface area (Å²) in [5, 5.41) is 8.82. The number of urea groups is 1. The van der Waals surface area contributed by atoms with Crippen molar-refractivity contribution >= 4 is 35.3 Å². The van der Waals surface area contributed by atoms with Crippen LogP contribution in [-0.2, 0) is 9.59 Å². The maximum atomic E-state index is 13.0. The van der Waals surface area contributed by atoms with E-state index in [1.807, 2.05) is 30.5 Å². The van der Waals surface area contributed by atoms with E-state index in [9.17, 15) is 14.4 Å². The van der Waals surface area contributed by atoms with Gasteiger partial charge in [0.2, 0.25) is 11.8 Å². The van der Waals surface area contributed by atoms with Crippen molar-refractivity contribution < 1.29 is 14.4 Å². The summed E-state index contributed by atoms with van der Waals surface area (Å²) >= 11 is 1.62. The maximum Gasteiger partial charge on any atom is 0.319 e. The van der Waals surface area contributed by atoms with Gasteiger partial charge in [0.25, 0.3) is 0 Å². The molecule has 168 valence electrons. The van der Waals surface area contributed by atoms with Crippen LogP contribution in [0.4, 0.5) is 10.5 Å². The Labute approximate surface area is 188 Å². The zero-order chi connectivity index (χ0) is 21.8. The third-order valence-electron chi connectivity index (χ3n) is 6.76. The number of hydrogen-bond donors (Lipinski definition) is 3. The molecule has 3 N–H and O–H groups in total. The number of thioether (sulfide) groups is 1. The monoisotopic (exact) mass is 444 g/mol. The number of anilines is 1. The molecule has 3 atom stereocenters. The lowest BCUT2D eigenvalue weighted by atomic mass is 9.83. The quantitative estimate of drug-likeness (QED) is 0.608. The number of piperazine rings is 1. The summed E-state index contributed by atoms with van der Waals surface area (Å²) in [6.45, 7) is 0.505. The molecule has 1 aromatic carbocycles. The van der Waals surface area contributed by atoms with Gasteiger partial charge in [0.1, 0.15) is 12.1 Å². The number of benzene rings is 1. The van der Waals surface area contributed by atoms with Crippen molar-refractivity contribution in [3.63, 3.8) is 0 Å². The van der Waals surface area contributed by atoms with Crippen molar-refractivity contribution in [1.29, 1.82) is 0 Å². The van der Waals surface area contributed by atoms with Gasteiger partial charge in [-0.2, -0.15) is 0 Å². The molecule has 1 aromatic rings. The molecule has 7 nitrogen and oxygen atoms in total. The number of rotatable bonds is 5.